The lowest BCUT2D eigenvalue weighted by atomic mass is 9.78. The lowest BCUT2D eigenvalue weighted by Gasteiger charge is -2.40. The number of hydrogen-bond donors (Lipinski definition) is 2. The van der Waals surface area contributed by atoms with Crippen LogP contribution >= 0.6 is 11.3 Å². The first-order valence-corrected chi connectivity index (χ1v) is 16.0. The van der Waals surface area contributed by atoms with Gasteiger partial charge in [-0.1, -0.05) is 6.92 Å². The van der Waals surface area contributed by atoms with Gasteiger partial charge in [-0.2, -0.15) is 15.2 Å². The summed E-state index contributed by atoms with van der Waals surface area (Å²) in [5, 5.41) is 13.3. The highest BCUT2D eigenvalue weighted by atomic mass is 32.1. The van der Waals surface area contributed by atoms with Crippen molar-refractivity contribution >= 4 is 43.1 Å². The Bertz CT molecular complexity index is 1990. The highest BCUT2D eigenvalue weighted by molar-refractivity contribution is 7.23. The summed E-state index contributed by atoms with van der Waals surface area (Å²) in [5.74, 6) is -2.88. The molecule has 3 aliphatic rings. The molecule has 47 heavy (non-hydrogen) atoms. The number of halogens is 4. The molecule has 2 bridgehead atoms. The summed E-state index contributed by atoms with van der Waals surface area (Å²) in [7, 11) is 3.28. The first-order chi connectivity index (χ1) is 22.5. The van der Waals surface area contributed by atoms with Gasteiger partial charge in [-0.25, -0.2) is 22.5 Å². The lowest BCUT2D eigenvalue weighted by molar-refractivity contribution is 0.109. The topological polar surface area (TPSA) is 125 Å². The number of rotatable bonds is 6. The highest BCUT2D eigenvalue weighted by Gasteiger charge is 2.38. The molecule has 3 saturated heterocycles. The number of nitrogens with one attached hydrogen (secondary N) is 1. The van der Waals surface area contributed by atoms with Crippen LogP contribution in [-0.2, 0) is 0 Å². The van der Waals surface area contributed by atoms with E-state index in [1.807, 2.05) is 24.9 Å². The zero-order valence-electron chi connectivity index (χ0n) is 26.0. The Balaban J connectivity index is 1.44. The van der Waals surface area contributed by atoms with Crippen LogP contribution in [0, 0.1) is 34.2 Å². The first-order valence-electron chi connectivity index (χ1n) is 15.2. The van der Waals surface area contributed by atoms with E-state index in [2.05, 4.69) is 20.2 Å². The van der Waals surface area contributed by atoms with Crippen LogP contribution < -0.4 is 25.4 Å². The fourth-order valence-corrected chi connectivity index (χ4v) is 8.12. The van der Waals surface area contributed by atoms with Crippen LogP contribution in [0.4, 0.5) is 28.4 Å². The fraction of sp³-hybridized carbons (Fsp3) is 0.438. The molecule has 0 radical (unpaired) electrons. The van der Waals surface area contributed by atoms with E-state index >= 15 is 8.78 Å². The van der Waals surface area contributed by atoms with Crippen LogP contribution in [0.1, 0.15) is 31.7 Å². The molecule has 3 aromatic heterocycles. The molecule has 3 fully saturated rings. The van der Waals surface area contributed by atoms with Gasteiger partial charge in [0.1, 0.15) is 51.7 Å². The fourth-order valence-electron chi connectivity index (χ4n) is 7.18. The van der Waals surface area contributed by atoms with E-state index in [9.17, 15) is 14.0 Å². The van der Waals surface area contributed by atoms with Gasteiger partial charge in [0, 0.05) is 60.7 Å². The number of methoxy groups -OCH3 is 1. The van der Waals surface area contributed by atoms with Crippen molar-refractivity contribution in [1.82, 2.24) is 25.2 Å². The number of nitrogens with zero attached hydrogens (tertiary/aromatic N) is 6. The molecule has 3 aliphatic heterocycles. The Labute approximate surface area is 271 Å². The van der Waals surface area contributed by atoms with Gasteiger partial charge in [-0.3, -0.25) is 0 Å². The number of piperidine rings is 1. The Hall–Kier alpha value is -4.26. The average Bonchev–Trinajstić information content (AvgIpc) is 3.57. The number of hydrogen-bond acceptors (Lipinski definition) is 11. The van der Waals surface area contributed by atoms with E-state index in [4.69, 9.17) is 20.2 Å². The molecule has 4 aromatic rings. The van der Waals surface area contributed by atoms with Crippen LogP contribution in [0.15, 0.2) is 18.0 Å². The number of nitriles is 1. The third kappa shape index (κ3) is 5.19. The summed E-state index contributed by atoms with van der Waals surface area (Å²) in [6.07, 6.45) is 3.08. The molecule has 0 amide bonds. The second-order valence-electron chi connectivity index (χ2n) is 12.7. The van der Waals surface area contributed by atoms with Gasteiger partial charge in [0.05, 0.1) is 23.7 Å². The second-order valence-corrected chi connectivity index (χ2v) is 13.8. The molecule has 1 aromatic carbocycles. The maximum Gasteiger partial charge on any atom is 0.319 e. The summed E-state index contributed by atoms with van der Waals surface area (Å²) in [5.41, 5.74) is 4.44. The first kappa shape index (κ1) is 31.3. The van der Waals surface area contributed by atoms with Gasteiger partial charge >= 0.3 is 6.01 Å². The van der Waals surface area contributed by atoms with Gasteiger partial charge in [-0.15, -0.1) is 11.3 Å². The maximum atomic E-state index is 16.9. The number of likely N-dealkylation sites (tertiary alicyclic amines) is 1. The average molecular weight is 669 g/mol. The molecule has 3 N–H and O–H groups in total. The molecule has 10 nitrogen and oxygen atoms in total. The Morgan fingerprint density at radius 3 is 2.60 bits per heavy atom. The van der Waals surface area contributed by atoms with Crippen LogP contribution in [0.25, 0.3) is 32.2 Å². The second kappa shape index (κ2) is 11.8. The maximum absolute atomic E-state index is 16.9. The van der Waals surface area contributed by atoms with Crippen molar-refractivity contribution in [2.24, 2.45) is 5.41 Å². The quantitative estimate of drug-likeness (QED) is 0.262. The number of piperazine rings is 1. The number of nitrogen functional groups attached to an aromatic ring is 1. The van der Waals surface area contributed by atoms with E-state index in [0.29, 0.717) is 56.4 Å². The van der Waals surface area contributed by atoms with E-state index in [1.54, 1.807) is 0 Å². The summed E-state index contributed by atoms with van der Waals surface area (Å²) < 4.78 is 73.1. The number of benzene rings is 1. The predicted octanol–water partition coefficient (Wildman–Crippen LogP) is 5.30. The lowest BCUT2D eigenvalue weighted by Crippen LogP contribution is -2.51. The van der Waals surface area contributed by atoms with Gasteiger partial charge in [-0.05, 0) is 31.9 Å². The molecule has 0 unspecified atom stereocenters. The molecule has 0 aliphatic carbocycles. The summed E-state index contributed by atoms with van der Waals surface area (Å²) >= 11 is 0.758. The smallest absolute Gasteiger partial charge is 0.319 e. The number of thiophene rings is 1. The van der Waals surface area contributed by atoms with Crippen LogP contribution in [0.5, 0.6) is 11.9 Å². The van der Waals surface area contributed by atoms with E-state index in [-0.39, 0.29) is 62.1 Å². The van der Waals surface area contributed by atoms with Gasteiger partial charge in [0.15, 0.2) is 5.82 Å². The molecule has 3 atom stereocenters. The Morgan fingerprint density at radius 2 is 1.91 bits per heavy atom. The van der Waals surface area contributed by atoms with Crippen LogP contribution in [0.2, 0.25) is 0 Å². The van der Waals surface area contributed by atoms with Crippen molar-refractivity contribution in [2.75, 3.05) is 57.6 Å². The number of fused-ring (bicyclic) bond motifs is 4. The highest BCUT2D eigenvalue weighted by Crippen LogP contribution is 2.46. The number of nitrogens with two attached hydrogens (primary N) is 1. The van der Waals surface area contributed by atoms with E-state index in [0.717, 1.165) is 24.2 Å². The third-order valence-electron chi connectivity index (χ3n) is 9.47. The SMILES string of the molecule is COc1nc(-c2c(F)cc(F)c3sc(N)c(C#N)c23)c(F)c2nc(OC[C@]3(C)CN(C)CC/C3=C\F)nc(N3C[C@H]4CC[C@@H](C3)N4)c12. The predicted molar refractivity (Wildman–Crippen MR) is 171 cm³/mol. The van der Waals surface area contributed by atoms with Crippen LogP contribution in [-0.4, -0.2) is 78.9 Å². The molecular weight excluding hydrogens is 636 g/mol. The molecular formula is C32H32F4N8O2S. The molecule has 246 valence electrons. The molecule has 0 saturated carbocycles. The number of ether oxygens (including phenoxy) is 2. The normalized spacial score (nSPS) is 24.0. The van der Waals surface area contributed by atoms with Crippen LogP contribution in [0.3, 0.4) is 0 Å². The zero-order chi connectivity index (χ0) is 33.2. The summed E-state index contributed by atoms with van der Waals surface area (Å²) in [4.78, 5) is 17.7. The minimum absolute atomic E-state index is 0.00840. The van der Waals surface area contributed by atoms with Crippen molar-refractivity contribution in [3.63, 3.8) is 0 Å². The number of aromatic nitrogens is 3. The molecule has 6 heterocycles. The molecule has 7 rings (SSSR count). The minimum Gasteiger partial charge on any atom is -0.480 e. The van der Waals surface area contributed by atoms with E-state index < -0.39 is 34.1 Å². The molecule has 15 heteroatoms. The minimum atomic E-state index is -1.14. The van der Waals surface area contributed by atoms with Gasteiger partial charge < -0.3 is 30.3 Å². The summed E-state index contributed by atoms with van der Waals surface area (Å²) in [6.45, 7) is 4.25. The van der Waals surface area contributed by atoms with Crippen molar-refractivity contribution in [1.29, 1.82) is 5.26 Å². The standard InChI is InChI=1S/C32H32F4N8O2S/c1-32(13-43(2)7-6-15(32)9-33)14-46-31-41-26-23(29(42-31)44-11-16-4-5-17(12-44)39-16)30(45-3)40-25(24(26)36)22-19(34)8-20(35)27-21(22)18(10-37)28(38)47-27/h8-9,16-17,39H,4-7,11-14,38H2,1-3H3/b15-9+/t16-,17+,32-/m0/s1. The molecule has 0 spiro atoms. The summed E-state index contributed by atoms with van der Waals surface area (Å²) in [6, 6.07) is 2.72. The number of pyridine rings is 1. The third-order valence-corrected chi connectivity index (χ3v) is 10.5. The van der Waals surface area contributed by atoms with Crippen molar-refractivity contribution in [3.05, 3.63) is 41.0 Å². The van der Waals surface area contributed by atoms with Crippen molar-refractivity contribution < 1.29 is 27.0 Å². The largest absolute Gasteiger partial charge is 0.480 e. The van der Waals surface area contributed by atoms with Gasteiger partial charge in [0.2, 0.25) is 5.88 Å². The van der Waals surface area contributed by atoms with Gasteiger partial charge in [0.25, 0.3) is 0 Å². The van der Waals surface area contributed by atoms with E-state index in [1.165, 1.54) is 7.11 Å². The van der Waals surface area contributed by atoms with Crippen molar-refractivity contribution in [3.8, 4) is 29.2 Å². The van der Waals surface area contributed by atoms with Crippen molar-refractivity contribution in [2.45, 2.75) is 38.3 Å². The zero-order valence-corrected chi connectivity index (χ0v) is 26.8. The monoisotopic (exact) mass is 668 g/mol. The Morgan fingerprint density at radius 1 is 1.17 bits per heavy atom. The number of anilines is 2. The Kier molecular flexibility index (Phi) is 7.85.